The van der Waals surface area contributed by atoms with Crippen LogP contribution in [0.5, 0.6) is 0 Å². The summed E-state index contributed by atoms with van der Waals surface area (Å²) in [6.07, 6.45) is 3.93. The molecule has 0 unspecified atom stereocenters. The lowest BCUT2D eigenvalue weighted by Crippen LogP contribution is -2.10. The topological polar surface area (TPSA) is 51.2 Å². The highest BCUT2D eigenvalue weighted by molar-refractivity contribution is 6.31. The summed E-state index contributed by atoms with van der Waals surface area (Å²) in [7, 11) is 1.89. The predicted molar refractivity (Wildman–Crippen MR) is 56.8 cm³/mol. The number of likely N-dealkylation sites (N-methyl/N-ethyl adjacent to an activating group) is 1. The van der Waals surface area contributed by atoms with E-state index in [1.54, 1.807) is 12.3 Å². The second kappa shape index (κ2) is 4.51. The Kier molecular flexibility index (Phi) is 3.08. The Hall–Kier alpha value is -1.26. The van der Waals surface area contributed by atoms with E-state index in [1.807, 2.05) is 7.05 Å². The van der Waals surface area contributed by atoms with Gasteiger partial charge in [-0.3, -0.25) is 0 Å². The molecule has 0 amide bonds. The molecule has 80 valence electrons. The highest BCUT2D eigenvalue weighted by Crippen LogP contribution is 2.29. The Morgan fingerprint density at radius 2 is 2.40 bits per heavy atom. The van der Waals surface area contributed by atoms with Gasteiger partial charge in [-0.25, -0.2) is 4.98 Å². The average Bonchev–Trinajstić information content (AvgIpc) is 2.83. The van der Waals surface area contributed by atoms with Crippen LogP contribution in [0.2, 0.25) is 5.22 Å². The van der Waals surface area contributed by atoms with Crippen molar-refractivity contribution >= 4 is 11.6 Å². The highest BCUT2D eigenvalue weighted by Gasteiger charge is 2.11. The van der Waals surface area contributed by atoms with E-state index in [1.165, 1.54) is 6.26 Å². The monoisotopic (exact) mass is 226 g/mol. The fourth-order valence-electron chi connectivity index (χ4n) is 1.25. The Balaban J connectivity index is 2.17. The number of nitrogens with one attached hydrogen (secondary N) is 1. The van der Waals surface area contributed by atoms with Crippen LogP contribution in [0.25, 0.3) is 11.3 Å². The van der Waals surface area contributed by atoms with Gasteiger partial charge >= 0.3 is 0 Å². The third-order valence-corrected chi connectivity index (χ3v) is 2.32. The molecule has 1 N–H and O–H groups in total. The van der Waals surface area contributed by atoms with Crippen molar-refractivity contribution in [3.63, 3.8) is 0 Å². The Morgan fingerprint density at radius 3 is 3.07 bits per heavy atom. The van der Waals surface area contributed by atoms with E-state index < -0.39 is 0 Å². The molecule has 2 aromatic rings. The summed E-state index contributed by atoms with van der Waals surface area (Å²) in [6, 6.07) is 1.75. The summed E-state index contributed by atoms with van der Waals surface area (Å²) in [5.74, 6) is 1.33. The molecule has 0 aliphatic heterocycles. The Bertz CT molecular complexity index is 436. The third kappa shape index (κ3) is 2.22. The zero-order valence-electron chi connectivity index (χ0n) is 8.29. The van der Waals surface area contributed by atoms with E-state index in [0.29, 0.717) is 16.9 Å². The van der Waals surface area contributed by atoms with E-state index in [4.69, 9.17) is 20.4 Å². The van der Waals surface area contributed by atoms with Crippen LogP contribution in [-0.4, -0.2) is 18.6 Å². The van der Waals surface area contributed by atoms with Crippen LogP contribution in [0, 0.1) is 0 Å². The summed E-state index contributed by atoms with van der Waals surface area (Å²) < 4.78 is 10.5. The van der Waals surface area contributed by atoms with Crippen molar-refractivity contribution in [1.82, 2.24) is 10.3 Å². The number of oxazole rings is 1. The van der Waals surface area contributed by atoms with E-state index >= 15 is 0 Å². The fourth-order valence-corrected chi connectivity index (χ4v) is 1.46. The van der Waals surface area contributed by atoms with Gasteiger partial charge in [0.15, 0.2) is 11.7 Å². The molecule has 0 spiro atoms. The van der Waals surface area contributed by atoms with Gasteiger partial charge < -0.3 is 14.2 Å². The number of halogens is 1. The quantitative estimate of drug-likeness (QED) is 0.870. The number of hydrogen-bond donors (Lipinski definition) is 1. The molecule has 0 atom stereocenters. The van der Waals surface area contributed by atoms with Gasteiger partial charge in [-0.05, 0) is 24.7 Å². The summed E-state index contributed by atoms with van der Waals surface area (Å²) in [6.45, 7) is 0.832. The second-order valence-electron chi connectivity index (χ2n) is 3.08. The van der Waals surface area contributed by atoms with Gasteiger partial charge in [-0.1, -0.05) is 0 Å². The Labute approximate surface area is 92.2 Å². The molecule has 4 nitrogen and oxygen atoms in total. The van der Waals surface area contributed by atoms with Gasteiger partial charge in [-0.2, -0.15) is 0 Å². The van der Waals surface area contributed by atoms with Gasteiger partial charge in [0.1, 0.15) is 0 Å². The largest absolute Gasteiger partial charge is 0.452 e. The molecular weight excluding hydrogens is 216 g/mol. The van der Waals surface area contributed by atoms with Crippen LogP contribution in [0.4, 0.5) is 0 Å². The van der Waals surface area contributed by atoms with Crippen molar-refractivity contribution in [3.8, 4) is 11.3 Å². The molecule has 0 aliphatic rings. The normalized spacial score (nSPS) is 10.8. The van der Waals surface area contributed by atoms with E-state index in [2.05, 4.69) is 10.3 Å². The first-order valence-corrected chi connectivity index (χ1v) is 5.01. The van der Waals surface area contributed by atoms with Crippen molar-refractivity contribution in [2.75, 3.05) is 13.6 Å². The van der Waals surface area contributed by atoms with Gasteiger partial charge in [0.05, 0.1) is 18.0 Å². The smallest absolute Gasteiger partial charge is 0.204 e. The van der Waals surface area contributed by atoms with Gasteiger partial charge in [0, 0.05) is 13.0 Å². The molecule has 5 heteroatoms. The van der Waals surface area contributed by atoms with Crippen LogP contribution in [0.3, 0.4) is 0 Å². The number of rotatable bonds is 4. The van der Waals surface area contributed by atoms with Crippen molar-refractivity contribution in [2.45, 2.75) is 6.42 Å². The molecule has 0 aromatic carbocycles. The lowest BCUT2D eigenvalue weighted by atomic mass is 10.3. The first kappa shape index (κ1) is 10.3. The molecule has 0 fully saturated rings. The lowest BCUT2D eigenvalue weighted by molar-refractivity contribution is 0.499. The highest BCUT2D eigenvalue weighted by atomic mass is 35.5. The van der Waals surface area contributed by atoms with Gasteiger partial charge in [-0.15, -0.1) is 0 Å². The molecule has 0 saturated heterocycles. The molecule has 0 bridgehead atoms. The Morgan fingerprint density at radius 1 is 1.53 bits per heavy atom. The number of hydrogen-bond acceptors (Lipinski definition) is 4. The van der Waals surface area contributed by atoms with E-state index in [0.717, 1.165) is 18.5 Å². The SMILES string of the molecule is CNCCc1ncc(-c2ccoc2Cl)o1. The van der Waals surface area contributed by atoms with Gasteiger partial charge in [0.2, 0.25) is 5.22 Å². The van der Waals surface area contributed by atoms with Crippen LogP contribution in [0.15, 0.2) is 27.4 Å². The van der Waals surface area contributed by atoms with Crippen molar-refractivity contribution in [2.24, 2.45) is 0 Å². The maximum atomic E-state index is 5.82. The lowest BCUT2D eigenvalue weighted by Gasteiger charge is -1.93. The first-order valence-electron chi connectivity index (χ1n) is 4.64. The molecule has 0 aliphatic carbocycles. The maximum Gasteiger partial charge on any atom is 0.204 e. The minimum Gasteiger partial charge on any atom is -0.452 e. The van der Waals surface area contributed by atoms with Crippen molar-refractivity contribution in [1.29, 1.82) is 0 Å². The minimum atomic E-state index is 0.325. The fraction of sp³-hybridized carbons (Fsp3) is 0.300. The molecule has 2 rings (SSSR count). The van der Waals surface area contributed by atoms with E-state index in [-0.39, 0.29) is 0 Å². The molecular formula is C10H11ClN2O2. The molecule has 0 saturated carbocycles. The summed E-state index contributed by atoms with van der Waals surface area (Å²) in [5, 5.41) is 3.35. The van der Waals surface area contributed by atoms with E-state index in [9.17, 15) is 0 Å². The zero-order chi connectivity index (χ0) is 10.7. The summed E-state index contributed by atoms with van der Waals surface area (Å²) >= 11 is 5.82. The van der Waals surface area contributed by atoms with Crippen LogP contribution >= 0.6 is 11.6 Å². The molecule has 0 radical (unpaired) electrons. The molecule has 15 heavy (non-hydrogen) atoms. The standard InChI is InChI=1S/C10H11ClN2O2/c1-12-4-2-9-13-6-8(15-9)7-3-5-14-10(7)11/h3,5-6,12H,2,4H2,1H3. The predicted octanol–water partition coefficient (Wildman–Crippen LogP) is 2.35. The minimum absolute atomic E-state index is 0.325. The molecule has 2 aromatic heterocycles. The van der Waals surface area contributed by atoms with Crippen LogP contribution in [-0.2, 0) is 6.42 Å². The van der Waals surface area contributed by atoms with Crippen LogP contribution in [0.1, 0.15) is 5.89 Å². The van der Waals surface area contributed by atoms with Crippen molar-refractivity contribution in [3.05, 3.63) is 29.6 Å². The number of aromatic nitrogens is 1. The first-order chi connectivity index (χ1) is 7.31. The zero-order valence-corrected chi connectivity index (χ0v) is 9.04. The second-order valence-corrected chi connectivity index (χ2v) is 3.42. The average molecular weight is 227 g/mol. The van der Waals surface area contributed by atoms with Crippen molar-refractivity contribution < 1.29 is 8.83 Å². The maximum absolute atomic E-state index is 5.82. The van der Waals surface area contributed by atoms with Gasteiger partial charge in [0.25, 0.3) is 0 Å². The summed E-state index contributed by atoms with van der Waals surface area (Å²) in [4.78, 5) is 4.14. The molecule has 2 heterocycles. The number of nitrogens with zero attached hydrogens (tertiary/aromatic N) is 1. The third-order valence-electron chi connectivity index (χ3n) is 2.03. The number of furan rings is 1. The summed E-state index contributed by atoms with van der Waals surface area (Å²) in [5.41, 5.74) is 0.736. The van der Waals surface area contributed by atoms with Crippen LogP contribution < -0.4 is 5.32 Å².